The molecule has 2 nitrogen and oxygen atoms in total. The van der Waals surface area contributed by atoms with E-state index in [1.165, 1.54) is 197 Å². The van der Waals surface area contributed by atoms with Crippen LogP contribution in [0, 0.1) is 6.92 Å². The number of aromatic nitrogens is 2. The molecule has 2 aromatic heterocycles. The summed E-state index contributed by atoms with van der Waals surface area (Å²) < 4.78 is 4.73. The van der Waals surface area contributed by atoms with Gasteiger partial charge in [0.2, 0.25) is 0 Å². The highest BCUT2D eigenvalue weighted by Crippen LogP contribution is 2.48. The topological polar surface area (TPSA) is 9.86 Å². The van der Waals surface area contributed by atoms with E-state index in [2.05, 4.69) is 375 Å². The van der Waals surface area contributed by atoms with E-state index in [0.29, 0.717) is 0 Å². The molecule has 0 amide bonds. The van der Waals surface area contributed by atoms with Crippen LogP contribution in [0.25, 0.3) is 191 Å². The quantitative estimate of drug-likeness (QED) is 0.141. The molecule has 98 heavy (non-hydrogen) atoms. The maximum absolute atomic E-state index is 2.43. The molecule has 0 N–H and O–H groups in total. The summed E-state index contributed by atoms with van der Waals surface area (Å²) in [5, 5.41) is 22.8. The van der Waals surface area contributed by atoms with Crippen LogP contribution < -0.4 is 0 Å². The summed E-state index contributed by atoms with van der Waals surface area (Å²) in [6, 6.07) is 130. The fraction of sp³-hybridized carbons (Fsp3) is 0.0208. The molecule has 0 radical (unpaired) electrons. The zero-order valence-corrected chi connectivity index (χ0v) is 54.4. The second-order valence-electron chi connectivity index (χ2n) is 26.4. The van der Waals surface area contributed by atoms with E-state index in [0.717, 1.165) is 0 Å². The van der Waals surface area contributed by atoms with Crippen LogP contribution >= 0.6 is 0 Å². The average Bonchev–Trinajstić information content (AvgIpc) is 1.58. The van der Waals surface area contributed by atoms with Crippen molar-refractivity contribution in [2.24, 2.45) is 7.05 Å². The van der Waals surface area contributed by atoms with Gasteiger partial charge in [-0.2, -0.15) is 0 Å². The number of nitrogens with zero attached hydrogens (tertiary/aromatic N) is 2. The maximum Gasteiger partial charge on any atom is 0.0541 e. The standard InChI is InChI=1S/C52H33N.C44H31N/c1-2-15-36-31-40(28-27-34(36)13-1)52-45-23-7-5-21-43(45)51(44-22-6-8-24-46(44)52)39-18-11-17-37(32-39)38-29-30-50-47(33-38)42-20-9-10-25-49(42)53(50)48-26-12-16-35-14-3-4-19-41(35)48;1-28-18-19-31-26-34(21-20-30(31)24-28)44-38-15-5-3-13-36(38)43(37-14-4-6-16-39(37)44)33-11-9-10-29(25-33)32-22-23-42-40(27-32)35-12-7-8-17-41(35)45(42)2/h1-33H;3-27H,1-2H3. The van der Waals surface area contributed by atoms with E-state index >= 15 is 0 Å². The van der Waals surface area contributed by atoms with E-state index < -0.39 is 0 Å². The Labute approximate surface area is 568 Å². The van der Waals surface area contributed by atoms with Gasteiger partial charge in [0.05, 0.1) is 16.7 Å². The summed E-state index contributed by atoms with van der Waals surface area (Å²) in [5.41, 5.74) is 22.4. The molecule has 458 valence electrons. The van der Waals surface area contributed by atoms with Crippen molar-refractivity contribution in [3.8, 4) is 72.4 Å². The Hall–Kier alpha value is -12.6. The van der Waals surface area contributed by atoms with E-state index in [1.807, 2.05) is 0 Å². The molecule has 0 aliphatic carbocycles. The first kappa shape index (κ1) is 56.9. The second kappa shape index (κ2) is 23.1. The lowest BCUT2D eigenvalue weighted by Crippen LogP contribution is -1.95. The lowest BCUT2D eigenvalue weighted by Gasteiger charge is -2.18. The molecule has 0 atom stereocenters. The first-order valence-electron chi connectivity index (χ1n) is 34.0. The fourth-order valence-corrected chi connectivity index (χ4v) is 16.2. The summed E-state index contributed by atoms with van der Waals surface area (Å²) in [7, 11) is 2.16. The minimum absolute atomic E-state index is 1.20. The van der Waals surface area contributed by atoms with Gasteiger partial charge in [-0.05, 0) is 210 Å². The minimum atomic E-state index is 1.20. The average molecular weight is 1250 g/mol. The predicted molar refractivity (Wildman–Crippen MR) is 421 cm³/mol. The summed E-state index contributed by atoms with van der Waals surface area (Å²) >= 11 is 0. The van der Waals surface area contributed by atoms with Crippen LogP contribution in [0.1, 0.15) is 5.56 Å². The van der Waals surface area contributed by atoms with Crippen LogP contribution in [-0.2, 0) is 7.05 Å². The van der Waals surface area contributed by atoms with Gasteiger partial charge in [0.25, 0.3) is 0 Å². The largest absolute Gasteiger partial charge is 0.344 e. The molecule has 0 aliphatic heterocycles. The van der Waals surface area contributed by atoms with Crippen LogP contribution in [0.2, 0.25) is 0 Å². The van der Waals surface area contributed by atoms with E-state index in [1.54, 1.807) is 0 Å². The third kappa shape index (κ3) is 9.32. The van der Waals surface area contributed by atoms with E-state index in [4.69, 9.17) is 0 Å². The normalized spacial score (nSPS) is 11.8. The van der Waals surface area contributed by atoms with Crippen LogP contribution in [0.3, 0.4) is 0 Å². The maximum atomic E-state index is 2.43. The number of aryl methyl sites for hydroxylation is 2. The van der Waals surface area contributed by atoms with Gasteiger partial charge in [0, 0.05) is 45.0 Å². The van der Waals surface area contributed by atoms with Crippen molar-refractivity contribution >= 4 is 119 Å². The highest BCUT2D eigenvalue weighted by molar-refractivity contribution is 6.24. The Kier molecular flexibility index (Phi) is 13.4. The molecular formula is C96H64N2. The molecule has 20 aromatic rings. The Morgan fingerprint density at radius 1 is 0.184 bits per heavy atom. The highest BCUT2D eigenvalue weighted by atomic mass is 15.0. The highest BCUT2D eigenvalue weighted by Gasteiger charge is 2.22. The van der Waals surface area contributed by atoms with Crippen molar-refractivity contribution in [1.82, 2.24) is 9.13 Å². The minimum Gasteiger partial charge on any atom is -0.344 e. The van der Waals surface area contributed by atoms with Crippen molar-refractivity contribution in [3.05, 3.63) is 357 Å². The van der Waals surface area contributed by atoms with E-state index in [-0.39, 0.29) is 0 Å². The Balaban J connectivity index is 0.000000139. The van der Waals surface area contributed by atoms with Gasteiger partial charge >= 0.3 is 0 Å². The fourth-order valence-electron chi connectivity index (χ4n) is 16.2. The van der Waals surface area contributed by atoms with Crippen LogP contribution in [0.15, 0.2) is 352 Å². The van der Waals surface area contributed by atoms with Crippen molar-refractivity contribution in [1.29, 1.82) is 0 Å². The Bertz CT molecular complexity index is 6530. The molecule has 18 aromatic carbocycles. The number of rotatable bonds is 7. The van der Waals surface area contributed by atoms with E-state index in [9.17, 15) is 0 Å². The molecule has 0 fully saturated rings. The summed E-state index contributed by atoms with van der Waals surface area (Å²) in [5.74, 6) is 0. The van der Waals surface area contributed by atoms with Crippen LogP contribution in [-0.4, -0.2) is 9.13 Å². The first-order chi connectivity index (χ1) is 48.4. The zero-order valence-electron chi connectivity index (χ0n) is 54.4. The zero-order chi connectivity index (χ0) is 65.0. The third-order valence-corrected chi connectivity index (χ3v) is 20.7. The van der Waals surface area contributed by atoms with Gasteiger partial charge in [0.1, 0.15) is 0 Å². The summed E-state index contributed by atoms with van der Waals surface area (Å²) in [6.07, 6.45) is 0. The summed E-state index contributed by atoms with van der Waals surface area (Å²) in [6.45, 7) is 2.16. The lowest BCUT2D eigenvalue weighted by molar-refractivity contribution is 1.01. The van der Waals surface area contributed by atoms with Crippen molar-refractivity contribution in [2.75, 3.05) is 0 Å². The Morgan fingerprint density at radius 2 is 0.500 bits per heavy atom. The number of para-hydroxylation sites is 2. The summed E-state index contributed by atoms with van der Waals surface area (Å²) in [4.78, 5) is 0. The second-order valence-corrected chi connectivity index (χ2v) is 26.4. The Morgan fingerprint density at radius 3 is 1.04 bits per heavy atom. The number of hydrogen-bond acceptors (Lipinski definition) is 0. The monoisotopic (exact) mass is 1240 g/mol. The van der Waals surface area contributed by atoms with Gasteiger partial charge in [-0.25, -0.2) is 0 Å². The molecule has 0 bridgehead atoms. The SMILES string of the molecule is Cc1ccc2cc(-c3c4ccccc4c(-c4cccc(-c5ccc6c(c5)c5ccccc5n6C)c4)c4ccccc34)ccc2c1.c1cc(-c2ccc3c(c2)c2ccccc2n3-c2cccc3ccccc23)cc(-c2c3ccccc3c(-c3ccc4ccccc4c3)c3ccccc23)c1. The predicted octanol–water partition coefficient (Wildman–Crippen LogP) is 26.5. The number of fused-ring (bicyclic) bond motifs is 13. The van der Waals surface area contributed by atoms with Gasteiger partial charge in [-0.3, -0.25) is 0 Å². The molecule has 0 aliphatic rings. The van der Waals surface area contributed by atoms with Gasteiger partial charge in [-0.1, -0.05) is 291 Å². The third-order valence-electron chi connectivity index (χ3n) is 20.7. The van der Waals surface area contributed by atoms with Crippen LogP contribution in [0.5, 0.6) is 0 Å². The van der Waals surface area contributed by atoms with Crippen molar-refractivity contribution in [2.45, 2.75) is 6.92 Å². The number of benzene rings is 18. The molecule has 0 unspecified atom stereocenters. The molecule has 0 spiro atoms. The van der Waals surface area contributed by atoms with Gasteiger partial charge < -0.3 is 9.13 Å². The number of hydrogen-bond donors (Lipinski definition) is 0. The smallest absolute Gasteiger partial charge is 0.0541 e. The molecule has 2 heterocycles. The van der Waals surface area contributed by atoms with Gasteiger partial charge in [-0.15, -0.1) is 0 Å². The molecule has 20 rings (SSSR count). The van der Waals surface area contributed by atoms with Crippen LogP contribution in [0.4, 0.5) is 0 Å². The first-order valence-corrected chi connectivity index (χ1v) is 34.0. The van der Waals surface area contributed by atoms with Gasteiger partial charge in [0.15, 0.2) is 0 Å². The molecular weight excluding hydrogens is 1180 g/mol. The molecule has 2 heteroatoms. The lowest BCUT2D eigenvalue weighted by atomic mass is 9.85. The molecule has 0 saturated heterocycles. The van der Waals surface area contributed by atoms with Crippen molar-refractivity contribution in [3.63, 3.8) is 0 Å². The molecule has 0 saturated carbocycles. The van der Waals surface area contributed by atoms with Crippen molar-refractivity contribution < 1.29 is 0 Å².